The van der Waals surface area contributed by atoms with Crippen molar-refractivity contribution < 1.29 is 28.9 Å². The van der Waals surface area contributed by atoms with Gasteiger partial charge in [0.25, 0.3) is 5.91 Å². The molecule has 0 saturated carbocycles. The second-order valence-electron chi connectivity index (χ2n) is 10.0. The molecule has 36 heavy (non-hydrogen) atoms. The Kier molecular flexibility index (Phi) is 6.65. The van der Waals surface area contributed by atoms with Crippen LogP contribution in [0.1, 0.15) is 54.2 Å². The van der Waals surface area contributed by atoms with E-state index < -0.39 is 42.2 Å². The number of alkyl halides is 1. The van der Waals surface area contributed by atoms with Gasteiger partial charge in [0, 0.05) is 36.0 Å². The van der Waals surface area contributed by atoms with Gasteiger partial charge in [0.15, 0.2) is 11.2 Å². The van der Waals surface area contributed by atoms with Crippen LogP contribution in [0.3, 0.4) is 0 Å². The van der Waals surface area contributed by atoms with Gasteiger partial charge < -0.3 is 19.8 Å². The lowest BCUT2D eigenvalue weighted by Gasteiger charge is -2.37. The summed E-state index contributed by atoms with van der Waals surface area (Å²) in [4.78, 5) is 32.3. The molecule has 1 aliphatic heterocycles. The van der Waals surface area contributed by atoms with Crippen molar-refractivity contribution in [3.63, 3.8) is 0 Å². The molecule has 2 aromatic heterocycles. The van der Waals surface area contributed by atoms with Crippen LogP contribution in [0.15, 0.2) is 48.2 Å². The molecule has 3 aromatic rings. The van der Waals surface area contributed by atoms with Gasteiger partial charge in [-0.05, 0) is 29.2 Å². The fourth-order valence-corrected chi connectivity index (χ4v) is 5.75. The quantitative estimate of drug-likeness (QED) is 0.494. The molecule has 3 unspecified atom stereocenters. The fourth-order valence-electron chi connectivity index (χ4n) is 4.93. The second-order valence-corrected chi connectivity index (χ2v) is 10.9. The third-order valence-corrected chi connectivity index (χ3v) is 7.43. The molecule has 3 heterocycles. The number of aromatic nitrogens is 3. The van der Waals surface area contributed by atoms with Crippen molar-refractivity contribution >= 4 is 23.2 Å². The number of hydrogen-bond donors (Lipinski definition) is 2. The highest BCUT2D eigenvalue weighted by atomic mass is 32.1. The first-order valence-corrected chi connectivity index (χ1v) is 12.3. The van der Waals surface area contributed by atoms with Crippen molar-refractivity contribution in [2.24, 2.45) is 0 Å². The van der Waals surface area contributed by atoms with Gasteiger partial charge in [0.05, 0.1) is 20.3 Å². The first-order chi connectivity index (χ1) is 17.0. The maximum atomic E-state index is 16.5. The number of halogens is 1. The van der Waals surface area contributed by atoms with E-state index in [4.69, 9.17) is 4.74 Å². The number of benzene rings is 1. The highest BCUT2D eigenvalue weighted by Crippen LogP contribution is 2.53. The van der Waals surface area contributed by atoms with E-state index in [1.54, 1.807) is 35.8 Å². The molecular weight excluding hydrogens is 487 g/mol. The van der Waals surface area contributed by atoms with E-state index >= 15 is 4.39 Å². The van der Waals surface area contributed by atoms with E-state index in [1.165, 1.54) is 24.2 Å². The molecule has 2 N–H and O–H groups in total. The third kappa shape index (κ3) is 4.26. The first-order valence-electron chi connectivity index (χ1n) is 11.4. The normalized spacial score (nSPS) is 24.2. The number of aliphatic hydroxyl groups is 1. The summed E-state index contributed by atoms with van der Waals surface area (Å²) >= 11 is 1.09. The van der Waals surface area contributed by atoms with Gasteiger partial charge in [-0.1, -0.05) is 26.8 Å². The minimum absolute atomic E-state index is 0.134. The Labute approximate surface area is 212 Å². The molecule has 1 amide bonds. The number of ether oxygens (including phenoxy) is 1. The van der Waals surface area contributed by atoms with Crippen LogP contribution in [0, 0.1) is 0 Å². The first kappa shape index (κ1) is 25.8. The molecular formula is C25H29FN4O5S. The zero-order valence-corrected chi connectivity index (χ0v) is 21.3. The molecule has 0 spiro atoms. The Morgan fingerprint density at radius 3 is 2.58 bits per heavy atom. The number of carboxylic acid groups (broad SMARTS) is 1. The number of thiazole rings is 1. The molecule has 4 rings (SSSR count). The van der Waals surface area contributed by atoms with Crippen LogP contribution in [-0.4, -0.2) is 66.7 Å². The zero-order valence-electron chi connectivity index (χ0n) is 20.5. The van der Waals surface area contributed by atoms with Crippen molar-refractivity contribution in [3.05, 3.63) is 64.4 Å². The van der Waals surface area contributed by atoms with Crippen LogP contribution in [0.25, 0.3) is 0 Å². The number of carbonyl (C=O) groups excluding carboxylic acids is 1. The monoisotopic (exact) mass is 516 g/mol. The number of amides is 1. The summed E-state index contributed by atoms with van der Waals surface area (Å²) in [5.41, 5.74) is -3.79. The summed E-state index contributed by atoms with van der Waals surface area (Å²) in [5, 5.41) is 26.6. The van der Waals surface area contributed by atoms with E-state index in [0.717, 1.165) is 21.8 Å². The van der Waals surface area contributed by atoms with Gasteiger partial charge in [0.2, 0.25) is 0 Å². The highest BCUT2D eigenvalue weighted by molar-refractivity contribution is 7.09. The molecule has 9 nitrogen and oxygen atoms in total. The smallest absolute Gasteiger partial charge is 0.331 e. The molecule has 1 saturated heterocycles. The summed E-state index contributed by atoms with van der Waals surface area (Å²) in [7, 11) is 1.49. The van der Waals surface area contributed by atoms with Crippen molar-refractivity contribution in [1.29, 1.82) is 0 Å². The standard InChI is InChI=1S/C25H29FN4O5S/c1-23(2,3)17-7-6-16(12-18(17)35-4)21(32)30-19(20-27-9-11-36-20)24(26,15-31)13-25(30,22(33)34)14-29-10-5-8-28-29/h5-12,19,31H,13-15H2,1-4H3,(H,33,34). The van der Waals surface area contributed by atoms with Gasteiger partial charge in [-0.25, -0.2) is 14.2 Å². The van der Waals surface area contributed by atoms with E-state index in [-0.39, 0.29) is 22.5 Å². The van der Waals surface area contributed by atoms with Crippen LogP contribution in [0.4, 0.5) is 4.39 Å². The summed E-state index contributed by atoms with van der Waals surface area (Å²) in [6, 6.07) is 5.07. The Hall–Kier alpha value is -3.31. The Balaban J connectivity index is 1.92. The number of carboxylic acids is 1. The Morgan fingerprint density at radius 2 is 2.06 bits per heavy atom. The molecule has 192 valence electrons. The minimum Gasteiger partial charge on any atom is -0.496 e. The van der Waals surface area contributed by atoms with Crippen molar-refractivity contribution in [1.82, 2.24) is 19.7 Å². The SMILES string of the molecule is COc1cc(C(=O)N2C(c3nccs3)C(F)(CO)CC2(Cn2cccn2)C(=O)O)ccc1C(C)(C)C. The molecule has 0 bridgehead atoms. The summed E-state index contributed by atoms with van der Waals surface area (Å²) in [6.07, 6.45) is 3.83. The predicted octanol–water partition coefficient (Wildman–Crippen LogP) is 3.46. The lowest BCUT2D eigenvalue weighted by molar-refractivity contribution is -0.150. The average molecular weight is 517 g/mol. The largest absolute Gasteiger partial charge is 0.496 e. The van der Waals surface area contributed by atoms with Crippen LogP contribution in [0.5, 0.6) is 5.75 Å². The molecule has 3 atom stereocenters. The zero-order chi connectivity index (χ0) is 26.3. The number of methoxy groups -OCH3 is 1. The van der Waals surface area contributed by atoms with Gasteiger partial charge in [0.1, 0.15) is 16.8 Å². The van der Waals surface area contributed by atoms with Crippen molar-refractivity contribution in [3.8, 4) is 5.75 Å². The fraction of sp³-hybridized carbons (Fsp3) is 0.440. The van der Waals surface area contributed by atoms with Gasteiger partial charge in [-0.2, -0.15) is 5.10 Å². The van der Waals surface area contributed by atoms with Crippen molar-refractivity contribution in [2.75, 3.05) is 13.7 Å². The molecule has 1 fully saturated rings. The number of carbonyl (C=O) groups is 2. The van der Waals surface area contributed by atoms with Crippen LogP contribution < -0.4 is 4.74 Å². The lowest BCUT2D eigenvalue weighted by atomic mass is 9.85. The van der Waals surface area contributed by atoms with E-state index in [1.807, 2.05) is 20.8 Å². The van der Waals surface area contributed by atoms with Gasteiger partial charge >= 0.3 is 5.97 Å². The highest BCUT2D eigenvalue weighted by Gasteiger charge is 2.67. The number of hydrogen-bond acceptors (Lipinski definition) is 7. The third-order valence-electron chi connectivity index (χ3n) is 6.60. The average Bonchev–Trinajstić information content (AvgIpc) is 3.58. The van der Waals surface area contributed by atoms with Crippen molar-refractivity contribution in [2.45, 2.75) is 56.4 Å². The van der Waals surface area contributed by atoms with E-state index in [0.29, 0.717) is 5.75 Å². The van der Waals surface area contributed by atoms with Gasteiger partial charge in [-0.3, -0.25) is 9.48 Å². The number of rotatable bonds is 7. The molecule has 0 aliphatic carbocycles. The van der Waals surface area contributed by atoms with Crippen LogP contribution in [0.2, 0.25) is 0 Å². The second kappa shape index (κ2) is 9.29. The molecule has 1 aliphatic rings. The molecule has 0 radical (unpaired) electrons. The number of likely N-dealkylation sites (tertiary alicyclic amines) is 1. The predicted molar refractivity (Wildman–Crippen MR) is 131 cm³/mol. The molecule has 11 heteroatoms. The van der Waals surface area contributed by atoms with Crippen LogP contribution >= 0.6 is 11.3 Å². The Bertz CT molecular complexity index is 1240. The number of nitrogens with zero attached hydrogens (tertiary/aromatic N) is 4. The lowest BCUT2D eigenvalue weighted by Crippen LogP contribution is -2.56. The van der Waals surface area contributed by atoms with Gasteiger partial charge in [-0.15, -0.1) is 11.3 Å². The molecule has 1 aromatic carbocycles. The Morgan fingerprint density at radius 1 is 1.31 bits per heavy atom. The van der Waals surface area contributed by atoms with E-state index in [2.05, 4.69) is 10.1 Å². The summed E-state index contributed by atoms with van der Waals surface area (Å²) in [6.45, 7) is 4.71. The topological polar surface area (TPSA) is 118 Å². The van der Waals surface area contributed by atoms with E-state index in [9.17, 15) is 19.8 Å². The summed E-state index contributed by atoms with van der Waals surface area (Å²) < 4.78 is 23.3. The minimum atomic E-state index is -2.45. The number of aliphatic carboxylic acids is 1. The number of aliphatic hydroxyl groups excluding tert-OH is 1. The summed E-state index contributed by atoms with van der Waals surface area (Å²) in [5.74, 6) is -1.66. The maximum absolute atomic E-state index is 16.5. The maximum Gasteiger partial charge on any atom is 0.331 e. The van der Waals surface area contributed by atoms with Crippen LogP contribution in [-0.2, 0) is 16.8 Å².